The molecule has 84 valence electrons. The largest absolute Gasteiger partial charge is 0.624 e. The van der Waals surface area contributed by atoms with Crippen molar-refractivity contribution < 1.29 is 9.53 Å². The van der Waals surface area contributed by atoms with Gasteiger partial charge in [0.05, 0.1) is 5.92 Å². The van der Waals surface area contributed by atoms with E-state index in [-0.39, 0.29) is 22.5 Å². The fraction of sp³-hybridized carbons (Fsp3) is 0.833. The summed E-state index contributed by atoms with van der Waals surface area (Å²) in [6.07, 6.45) is 1.92. The van der Waals surface area contributed by atoms with Crippen LogP contribution in [-0.4, -0.2) is 22.8 Å². The smallest absolute Gasteiger partial charge is 0.234 e. The number of hydrogen-bond acceptors (Lipinski definition) is 2. The fourth-order valence-corrected chi connectivity index (χ4v) is 3.28. The lowest BCUT2D eigenvalue weighted by molar-refractivity contribution is -0.455. The van der Waals surface area contributed by atoms with E-state index < -0.39 is 0 Å². The summed E-state index contributed by atoms with van der Waals surface area (Å²) in [6, 6.07) is 0. The molecule has 0 aromatic heterocycles. The zero-order valence-electron chi connectivity index (χ0n) is 9.96. The lowest BCUT2D eigenvalue weighted by Gasteiger charge is -2.30. The van der Waals surface area contributed by atoms with Crippen molar-refractivity contribution in [3.63, 3.8) is 0 Å². The van der Waals surface area contributed by atoms with Crippen molar-refractivity contribution >= 4 is 11.5 Å². The SMILES string of the molecule is CC/[N+]([O-])=C1/C(=O)C2(C)CCC1C2(C)C. The zero-order valence-corrected chi connectivity index (χ0v) is 9.96. The highest BCUT2D eigenvalue weighted by atomic mass is 16.5. The molecule has 2 aliphatic carbocycles. The normalized spacial score (nSPS) is 41.1. The van der Waals surface area contributed by atoms with Crippen molar-refractivity contribution in [2.45, 2.75) is 40.5 Å². The minimum atomic E-state index is -0.301. The molecule has 2 bridgehead atoms. The second-order valence-electron chi connectivity index (χ2n) is 5.55. The molecule has 0 heterocycles. The number of carbonyl (C=O) groups excluding carboxylic acids is 1. The highest BCUT2D eigenvalue weighted by Crippen LogP contribution is 2.62. The predicted octanol–water partition coefficient (Wildman–Crippen LogP) is 1.98. The minimum absolute atomic E-state index is 0.0444. The third-order valence-electron chi connectivity index (χ3n) is 4.85. The van der Waals surface area contributed by atoms with E-state index in [1.165, 1.54) is 0 Å². The standard InChI is InChI=1S/C12H19NO2/c1-5-13(15)9-8-6-7-12(4,10(9)14)11(8,2)3/h8H,5-7H2,1-4H3/b13-9-. The molecule has 2 unspecified atom stereocenters. The Morgan fingerprint density at radius 3 is 2.47 bits per heavy atom. The Labute approximate surface area is 90.8 Å². The second-order valence-corrected chi connectivity index (χ2v) is 5.55. The van der Waals surface area contributed by atoms with E-state index in [0.717, 1.165) is 17.6 Å². The van der Waals surface area contributed by atoms with Crippen LogP contribution >= 0.6 is 0 Å². The van der Waals surface area contributed by atoms with Crippen LogP contribution in [0.15, 0.2) is 0 Å². The summed E-state index contributed by atoms with van der Waals surface area (Å²) in [6.45, 7) is 8.45. The summed E-state index contributed by atoms with van der Waals surface area (Å²) in [7, 11) is 0. The van der Waals surface area contributed by atoms with E-state index in [1.54, 1.807) is 6.92 Å². The van der Waals surface area contributed by atoms with Gasteiger partial charge < -0.3 is 5.21 Å². The molecular weight excluding hydrogens is 190 g/mol. The lowest BCUT2D eigenvalue weighted by atomic mass is 9.70. The Hall–Kier alpha value is -0.860. The van der Waals surface area contributed by atoms with Gasteiger partial charge in [-0.2, -0.15) is 0 Å². The van der Waals surface area contributed by atoms with Crippen LogP contribution in [0.3, 0.4) is 0 Å². The van der Waals surface area contributed by atoms with Crippen molar-refractivity contribution in [2.75, 3.05) is 6.54 Å². The maximum absolute atomic E-state index is 12.2. The molecule has 2 atom stereocenters. The molecule has 0 spiro atoms. The van der Waals surface area contributed by atoms with Gasteiger partial charge in [0.1, 0.15) is 0 Å². The first-order valence-electron chi connectivity index (χ1n) is 5.72. The van der Waals surface area contributed by atoms with Crippen molar-refractivity contribution in [1.82, 2.24) is 0 Å². The first-order chi connectivity index (χ1) is 6.86. The van der Waals surface area contributed by atoms with Gasteiger partial charge in [0.25, 0.3) is 0 Å². The van der Waals surface area contributed by atoms with E-state index in [0.29, 0.717) is 12.3 Å². The van der Waals surface area contributed by atoms with Crippen LogP contribution in [0, 0.1) is 22.0 Å². The van der Waals surface area contributed by atoms with Gasteiger partial charge in [-0.3, -0.25) is 4.79 Å². The molecule has 3 nitrogen and oxygen atoms in total. The third kappa shape index (κ3) is 1.01. The van der Waals surface area contributed by atoms with E-state index in [1.807, 2.05) is 6.92 Å². The van der Waals surface area contributed by atoms with Gasteiger partial charge >= 0.3 is 0 Å². The highest BCUT2D eigenvalue weighted by molar-refractivity contribution is 6.43. The zero-order chi connectivity index (χ0) is 11.4. The van der Waals surface area contributed by atoms with Crippen LogP contribution in [0.4, 0.5) is 0 Å². The molecule has 15 heavy (non-hydrogen) atoms. The maximum Gasteiger partial charge on any atom is 0.234 e. The van der Waals surface area contributed by atoms with Gasteiger partial charge in [0.2, 0.25) is 11.5 Å². The minimum Gasteiger partial charge on any atom is -0.624 e. The van der Waals surface area contributed by atoms with Crippen molar-refractivity contribution in [2.24, 2.45) is 16.7 Å². The monoisotopic (exact) mass is 209 g/mol. The Bertz CT molecular complexity index is 357. The van der Waals surface area contributed by atoms with Crippen molar-refractivity contribution in [1.29, 1.82) is 0 Å². The molecule has 2 rings (SSSR count). The summed E-state index contributed by atoms with van der Waals surface area (Å²) >= 11 is 0. The number of hydroxylamine groups is 1. The van der Waals surface area contributed by atoms with E-state index in [4.69, 9.17) is 0 Å². The van der Waals surface area contributed by atoms with Gasteiger partial charge in [-0.15, -0.1) is 0 Å². The van der Waals surface area contributed by atoms with Crippen LogP contribution in [0.2, 0.25) is 0 Å². The van der Waals surface area contributed by atoms with Crippen LogP contribution in [0.25, 0.3) is 0 Å². The van der Waals surface area contributed by atoms with E-state index in [2.05, 4.69) is 13.8 Å². The van der Waals surface area contributed by atoms with Gasteiger partial charge in [-0.1, -0.05) is 20.8 Å². The number of fused-ring (bicyclic) bond motifs is 2. The molecule has 0 radical (unpaired) electrons. The van der Waals surface area contributed by atoms with Gasteiger partial charge in [0.15, 0.2) is 6.54 Å². The predicted molar refractivity (Wildman–Crippen MR) is 58.8 cm³/mol. The van der Waals surface area contributed by atoms with Gasteiger partial charge in [0, 0.05) is 5.41 Å². The molecule has 0 amide bonds. The maximum atomic E-state index is 12.2. The van der Waals surface area contributed by atoms with Crippen molar-refractivity contribution in [3.05, 3.63) is 5.21 Å². The second kappa shape index (κ2) is 2.83. The van der Waals surface area contributed by atoms with E-state index in [9.17, 15) is 10.0 Å². The molecular formula is C12H19NO2. The topological polar surface area (TPSA) is 43.1 Å². The summed E-state index contributed by atoms with van der Waals surface area (Å²) < 4.78 is 0.902. The molecule has 2 saturated carbocycles. The first-order valence-corrected chi connectivity index (χ1v) is 5.72. The molecule has 0 aliphatic heterocycles. The number of carbonyl (C=O) groups is 1. The Morgan fingerprint density at radius 1 is 1.47 bits per heavy atom. The molecule has 2 aliphatic rings. The Balaban J connectivity index is 2.57. The Morgan fingerprint density at radius 2 is 2.07 bits per heavy atom. The first kappa shape index (κ1) is 10.7. The quantitative estimate of drug-likeness (QED) is 0.376. The number of Topliss-reactive ketones (excluding diaryl/α,β-unsaturated/α-hetero) is 1. The van der Waals surface area contributed by atoms with Gasteiger partial charge in [-0.05, 0) is 25.2 Å². The number of rotatable bonds is 1. The summed E-state index contributed by atoms with van der Waals surface area (Å²) in [4.78, 5) is 12.2. The van der Waals surface area contributed by atoms with Crippen LogP contribution in [-0.2, 0) is 4.79 Å². The fourth-order valence-electron chi connectivity index (χ4n) is 3.28. The van der Waals surface area contributed by atoms with Crippen LogP contribution in [0.5, 0.6) is 0 Å². The third-order valence-corrected chi connectivity index (χ3v) is 4.85. The highest BCUT2D eigenvalue weighted by Gasteiger charge is 2.68. The summed E-state index contributed by atoms with van der Waals surface area (Å²) in [5, 5.41) is 11.7. The molecule has 2 fully saturated rings. The van der Waals surface area contributed by atoms with Crippen molar-refractivity contribution in [3.8, 4) is 0 Å². The molecule has 0 saturated heterocycles. The molecule has 0 aromatic carbocycles. The molecule has 3 heteroatoms. The summed E-state index contributed by atoms with van der Waals surface area (Å²) in [5.74, 6) is 0.271. The number of hydrogen-bond donors (Lipinski definition) is 0. The van der Waals surface area contributed by atoms with Gasteiger partial charge in [-0.25, -0.2) is 4.74 Å². The van der Waals surface area contributed by atoms with Crippen LogP contribution in [0.1, 0.15) is 40.5 Å². The number of ketones is 1. The average Bonchev–Trinajstić information content (AvgIpc) is 2.48. The Kier molecular flexibility index (Phi) is 2.01. The average molecular weight is 209 g/mol. The van der Waals surface area contributed by atoms with E-state index >= 15 is 0 Å². The van der Waals surface area contributed by atoms with Crippen LogP contribution < -0.4 is 0 Å². The molecule has 0 aromatic rings. The summed E-state index contributed by atoms with van der Waals surface area (Å²) in [5.41, 5.74) is 0.193. The number of nitrogens with zero attached hydrogens (tertiary/aromatic N) is 1. The molecule has 0 N–H and O–H groups in total. The lowest BCUT2D eigenvalue weighted by Crippen LogP contribution is -2.35.